The van der Waals surface area contributed by atoms with Crippen molar-refractivity contribution in [2.45, 2.75) is 6.92 Å². The Morgan fingerprint density at radius 2 is 1.75 bits per heavy atom. The summed E-state index contributed by atoms with van der Waals surface area (Å²) < 4.78 is 10.3. The van der Waals surface area contributed by atoms with Gasteiger partial charge < -0.3 is 9.15 Å². The van der Waals surface area contributed by atoms with Crippen molar-refractivity contribution in [3.05, 3.63) is 77.1 Å². The Morgan fingerprint density at radius 1 is 1.04 bits per heavy atom. The van der Waals surface area contributed by atoms with E-state index in [9.17, 15) is 9.59 Å². The standard InChI is InChI=1S/C20H16O4/c1-13-16-5-3-4-6-18(16)24-19(13)17(21)12-9-14-7-10-15(11-8-14)20(22)23-2/h3-12H,1-2H3/b12-9+. The summed E-state index contributed by atoms with van der Waals surface area (Å²) in [6.07, 6.45) is 3.16. The molecule has 0 aliphatic carbocycles. The van der Waals surface area contributed by atoms with E-state index in [1.807, 2.05) is 31.2 Å². The number of para-hydroxylation sites is 1. The number of ether oxygens (including phenoxy) is 1. The molecule has 0 spiro atoms. The Kier molecular flexibility index (Phi) is 4.29. The third-order valence-electron chi connectivity index (χ3n) is 3.83. The Labute approximate surface area is 139 Å². The van der Waals surface area contributed by atoms with Crippen LogP contribution >= 0.6 is 0 Å². The van der Waals surface area contributed by atoms with Crippen LogP contribution in [0.15, 0.2) is 59.0 Å². The minimum atomic E-state index is -0.389. The smallest absolute Gasteiger partial charge is 0.337 e. The molecule has 2 aromatic carbocycles. The highest BCUT2D eigenvalue weighted by molar-refractivity contribution is 6.08. The van der Waals surface area contributed by atoms with Crippen LogP contribution in [0.5, 0.6) is 0 Å². The predicted octanol–water partition coefficient (Wildman–Crippen LogP) is 4.42. The van der Waals surface area contributed by atoms with Gasteiger partial charge in [0.05, 0.1) is 12.7 Å². The van der Waals surface area contributed by atoms with Crippen LogP contribution in [0.2, 0.25) is 0 Å². The number of hydrogen-bond donors (Lipinski definition) is 0. The van der Waals surface area contributed by atoms with Crippen molar-refractivity contribution in [3.8, 4) is 0 Å². The van der Waals surface area contributed by atoms with E-state index in [1.165, 1.54) is 13.2 Å². The zero-order valence-electron chi connectivity index (χ0n) is 13.4. The number of ketones is 1. The molecule has 0 saturated heterocycles. The fourth-order valence-electron chi connectivity index (χ4n) is 2.51. The number of benzene rings is 2. The summed E-state index contributed by atoms with van der Waals surface area (Å²) >= 11 is 0. The number of hydrogen-bond acceptors (Lipinski definition) is 4. The van der Waals surface area contributed by atoms with E-state index >= 15 is 0 Å². The van der Waals surface area contributed by atoms with Crippen molar-refractivity contribution in [1.29, 1.82) is 0 Å². The molecular formula is C20H16O4. The van der Waals surface area contributed by atoms with Crippen LogP contribution in [0.3, 0.4) is 0 Å². The summed E-state index contributed by atoms with van der Waals surface area (Å²) in [5, 5.41) is 0.941. The maximum Gasteiger partial charge on any atom is 0.337 e. The average molecular weight is 320 g/mol. The number of furan rings is 1. The second kappa shape index (κ2) is 6.54. The van der Waals surface area contributed by atoms with Crippen LogP contribution < -0.4 is 0 Å². The van der Waals surface area contributed by atoms with Crippen LogP contribution in [-0.4, -0.2) is 18.9 Å². The molecule has 0 aliphatic heterocycles. The zero-order chi connectivity index (χ0) is 17.1. The summed E-state index contributed by atoms with van der Waals surface area (Å²) in [5.74, 6) is -0.237. The third-order valence-corrected chi connectivity index (χ3v) is 3.83. The highest BCUT2D eigenvalue weighted by atomic mass is 16.5. The minimum absolute atomic E-state index is 0.194. The van der Waals surface area contributed by atoms with Crippen molar-refractivity contribution >= 4 is 28.8 Å². The number of carbonyl (C=O) groups is 2. The van der Waals surface area contributed by atoms with Crippen LogP contribution in [-0.2, 0) is 4.74 Å². The van der Waals surface area contributed by atoms with E-state index in [0.717, 1.165) is 16.5 Å². The fourth-order valence-corrected chi connectivity index (χ4v) is 2.51. The lowest BCUT2D eigenvalue weighted by atomic mass is 10.1. The first-order valence-electron chi connectivity index (χ1n) is 7.49. The Hall–Kier alpha value is -3.14. The van der Waals surface area contributed by atoms with Crippen LogP contribution in [0, 0.1) is 6.92 Å². The summed E-state index contributed by atoms with van der Waals surface area (Å²) in [6, 6.07) is 14.4. The van der Waals surface area contributed by atoms with Gasteiger partial charge >= 0.3 is 5.97 Å². The van der Waals surface area contributed by atoms with Gasteiger partial charge in [-0.05, 0) is 36.8 Å². The molecule has 0 fully saturated rings. The van der Waals surface area contributed by atoms with Crippen molar-refractivity contribution in [1.82, 2.24) is 0 Å². The van der Waals surface area contributed by atoms with Gasteiger partial charge in [-0.15, -0.1) is 0 Å². The van der Waals surface area contributed by atoms with Gasteiger partial charge in [-0.25, -0.2) is 4.79 Å². The van der Waals surface area contributed by atoms with Crippen LogP contribution in [0.4, 0.5) is 0 Å². The molecule has 1 aromatic heterocycles. The van der Waals surface area contributed by atoms with Crippen molar-refractivity contribution in [3.63, 3.8) is 0 Å². The first kappa shape index (κ1) is 15.7. The molecule has 0 saturated carbocycles. The quantitative estimate of drug-likeness (QED) is 0.405. The van der Waals surface area contributed by atoms with Gasteiger partial charge in [0.15, 0.2) is 5.76 Å². The van der Waals surface area contributed by atoms with Gasteiger partial charge in [0.2, 0.25) is 5.78 Å². The van der Waals surface area contributed by atoms with Gasteiger partial charge in [0.1, 0.15) is 5.58 Å². The lowest BCUT2D eigenvalue weighted by molar-refractivity contribution is 0.0600. The van der Waals surface area contributed by atoms with Gasteiger partial charge in [-0.3, -0.25) is 4.79 Å². The van der Waals surface area contributed by atoms with E-state index in [1.54, 1.807) is 30.3 Å². The molecule has 3 aromatic rings. The lowest BCUT2D eigenvalue weighted by Gasteiger charge is -1.99. The Morgan fingerprint density at radius 3 is 2.42 bits per heavy atom. The van der Waals surface area contributed by atoms with Crippen LogP contribution in [0.25, 0.3) is 17.0 Å². The van der Waals surface area contributed by atoms with Crippen molar-refractivity contribution in [2.75, 3.05) is 7.11 Å². The highest BCUT2D eigenvalue weighted by Gasteiger charge is 2.14. The molecule has 1 heterocycles. The molecule has 0 unspecified atom stereocenters. The summed E-state index contributed by atoms with van der Waals surface area (Å²) in [6.45, 7) is 1.87. The fraction of sp³-hybridized carbons (Fsp3) is 0.100. The lowest BCUT2D eigenvalue weighted by Crippen LogP contribution is -2.00. The number of esters is 1. The molecular weight excluding hydrogens is 304 g/mol. The summed E-state index contributed by atoms with van der Waals surface area (Å²) in [7, 11) is 1.34. The maximum atomic E-state index is 12.4. The molecule has 4 nitrogen and oxygen atoms in total. The number of fused-ring (bicyclic) bond motifs is 1. The summed E-state index contributed by atoms with van der Waals surface area (Å²) in [5.41, 5.74) is 2.81. The zero-order valence-corrected chi connectivity index (χ0v) is 13.4. The van der Waals surface area contributed by atoms with Crippen molar-refractivity contribution < 1.29 is 18.7 Å². The van der Waals surface area contributed by atoms with Gasteiger partial charge in [-0.1, -0.05) is 36.4 Å². The van der Waals surface area contributed by atoms with Gasteiger partial charge in [0.25, 0.3) is 0 Å². The van der Waals surface area contributed by atoms with Crippen molar-refractivity contribution in [2.24, 2.45) is 0 Å². The number of carbonyl (C=O) groups excluding carboxylic acids is 2. The largest absolute Gasteiger partial charge is 0.465 e. The number of methoxy groups -OCH3 is 1. The normalized spacial score (nSPS) is 11.1. The van der Waals surface area contributed by atoms with Gasteiger partial charge in [-0.2, -0.15) is 0 Å². The first-order valence-corrected chi connectivity index (χ1v) is 7.49. The SMILES string of the molecule is COC(=O)c1ccc(/C=C/C(=O)c2oc3ccccc3c2C)cc1. The predicted molar refractivity (Wildman–Crippen MR) is 92.1 cm³/mol. The third kappa shape index (κ3) is 2.99. The van der Waals surface area contributed by atoms with Gasteiger partial charge in [0, 0.05) is 10.9 Å². The average Bonchev–Trinajstić information content (AvgIpc) is 2.96. The van der Waals surface area contributed by atoms with E-state index in [-0.39, 0.29) is 11.8 Å². The summed E-state index contributed by atoms with van der Waals surface area (Å²) in [4.78, 5) is 23.8. The Bertz CT molecular complexity index is 930. The van der Waals surface area contributed by atoms with E-state index in [4.69, 9.17) is 4.42 Å². The Balaban J connectivity index is 1.82. The maximum absolute atomic E-state index is 12.4. The molecule has 0 bridgehead atoms. The van der Waals surface area contributed by atoms with E-state index in [0.29, 0.717) is 16.9 Å². The van der Waals surface area contributed by atoms with E-state index < -0.39 is 0 Å². The second-order valence-electron chi connectivity index (χ2n) is 5.36. The molecule has 0 aliphatic rings. The first-order chi connectivity index (χ1) is 11.6. The molecule has 0 radical (unpaired) electrons. The number of aryl methyl sites for hydroxylation is 1. The topological polar surface area (TPSA) is 56.5 Å². The number of allylic oxidation sites excluding steroid dienone is 1. The molecule has 24 heavy (non-hydrogen) atoms. The molecule has 0 amide bonds. The molecule has 0 atom stereocenters. The monoisotopic (exact) mass is 320 g/mol. The molecule has 3 rings (SSSR count). The van der Waals surface area contributed by atoms with Crippen LogP contribution in [0.1, 0.15) is 32.0 Å². The molecule has 120 valence electrons. The molecule has 4 heteroatoms. The minimum Gasteiger partial charge on any atom is -0.465 e. The highest BCUT2D eigenvalue weighted by Crippen LogP contribution is 2.25. The second-order valence-corrected chi connectivity index (χ2v) is 5.36. The number of rotatable bonds is 4. The molecule has 0 N–H and O–H groups in total. The van der Waals surface area contributed by atoms with E-state index in [2.05, 4.69) is 4.74 Å².